The Morgan fingerprint density at radius 1 is 1.29 bits per heavy atom. The fourth-order valence-corrected chi connectivity index (χ4v) is 3.14. The topological polar surface area (TPSA) is 57.7 Å². The van der Waals surface area contributed by atoms with E-state index in [2.05, 4.69) is 0 Å². The number of rotatable bonds is 5. The summed E-state index contributed by atoms with van der Waals surface area (Å²) in [7, 11) is -1.19. The molecule has 1 atom stereocenters. The summed E-state index contributed by atoms with van der Waals surface area (Å²) in [6.07, 6.45) is 1.95. The van der Waals surface area contributed by atoms with Crippen molar-refractivity contribution in [1.82, 2.24) is 4.90 Å². The van der Waals surface area contributed by atoms with E-state index in [0.29, 0.717) is 13.1 Å². The van der Waals surface area contributed by atoms with E-state index in [1.165, 1.54) is 6.26 Å². The first-order chi connectivity index (χ1) is 9.78. The molecule has 1 amide bonds. The Balaban J connectivity index is 2.02. The molecule has 1 aliphatic rings. The number of nitrogens with zero attached hydrogens (tertiary/aromatic N) is 2. The number of carbonyl (C=O) groups excluding carboxylic acids is 1. The Labute approximate surface area is 126 Å². The molecule has 116 valence electrons. The van der Waals surface area contributed by atoms with Crippen LogP contribution in [0.25, 0.3) is 0 Å². The van der Waals surface area contributed by atoms with E-state index in [9.17, 15) is 13.2 Å². The Bertz CT molecular complexity index is 610. The van der Waals surface area contributed by atoms with E-state index in [1.807, 2.05) is 43.1 Å². The fourth-order valence-electron chi connectivity index (χ4n) is 2.52. The monoisotopic (exact) mass is 310 g/mol. The summed E-state index contributed by atoms with van der Waals surface area (Å²) in [5.74, 6) is 0.132. The smallest absolute Gasteiger partial charge is 0.244 e. The first-order valence-corrected chi connectivity index (χ1v) is 9.10. The lowest BCUT2D eigenvalue weighted by molar-refractivity contribution is -0.121. The zero-order valence-corrected chi connectivity index (χ0v) is 13.6. The van der Waals surface area contributed by atoms with Crippen molar-refractivity contribution in [2.45, 2.75) is 19.4 Å². The van der Waals surface area contributed by atoms with Gasteiger partial charge in [-0.2, -0.15) is 0 Å². The highest BCUT2D eigenvalue weighted by molar-refractivity contribution is 7.90. The standard InChI is InChI=1S/C15H22N2O3S/c1-12-4-6-13(7-5-12)17-9-8-14(15(17)18)16(2)10-11-21(3,19)20/h4-7,14H,8-11H2,1-3H3/t14-/m1/s1. The van der Waals surface area contributed by atoms with Crippen molar-refractivity contribution in [1.29, 1.82) is 0 Å². The molecule has 0 saturated carbocycles. The number of sulfone groups is 1. The highest BCUT2D eigenvalue weighted by Crippen LogP contribution is 2.24. The number of carbonyl (C=O) groups is 1. The molecular weight excluding hydrogens is 288 g/mol. The van der Waals surface area contributed by atoms with Gasteiger partial charge in [0.05, 0.1) is 11.8 Å². The number of benzene rings is 1. The van der Waals surface area contributed by atoms with Gasteiger partial charge in [-0.1, -0.05) is 17.7 Å². The van der Waals surface area contributed by atoms with Crippen LogP contribution >= 0.6 is 0 Å². The molecule has 5 nitrogen and oxygen atoms in total. The molecule has 1 aromatic rings. The summed E-state index contributed by atoms with van der Waals surface area (Å²) in [5, 5.41) is 0. The fraction of sp³-hybridized carbons (Fsp3) is 0.533. The maximum absolute atomic E-state index is 12.5. The second-order valence-corrected chi connectivity index (χ2v) is 8.00. The van der Waals surface area contributed by atoms with Gasteiger partial charge in [-0.05, 0) is 32.5 Å². The summed E-state index contributed by atoms with van der Waals surface area (Å²) in [4.78, 5) is 16.1. The lowest BCUT2D eigenvalue weighted by Gasteiger charge is -2.23. The third kappa shape index (κ3) is 4.04. The normalized spacial score (nSPS) is 19.5. The number of hydrogen-bond acceptors (Lipinski definition) is 4. The van der Waals surface area contributed by atoms with Gasteiger partial charge >= 0.3 is 0 Å². The van der Waals surface area contributed by atoms with E-state index in [4.69, 9.17) is 0 Å². The predicted molar refractivity (Wildman–Crippen MR) is 84.3 cm³/mol. The number of hydrogen-bond donors (Lipinski definition) is 0. The SMILES string of the molecule is Cc1ccc(N2CC[C@@H](N(C)CCS(C)(=O)=O)C2=O)cc1. The molecular formula is C15H22N2O3S. The van der Waals surface area contributed by atoms with E-state index in [0.717, 1.165) is 17.7 Å². The van der Waals surface area contributed by atoms with Gasteiger partial charge in [0.25, 0.3) is 0 Å². The van der Waals surface area contributed by atoms with Gasteiger partial charge in [0, 0.05) is 25.0 Å². The van der Waals surface area contributed by atoms with Crippen LogP contribution in [0.5, 0.6) is 0 Å². The molecule has 1 aliphatic heterocycles. The molecule has 0 spiro atoms. The van der Waals surface area contributed by atoms with Crippen molar-refractivity contribution in [3.05, 3.63) is 29.8 Å². The van der Waals surface area contributed by atoms with Crippen LogP contribution in [-0.2, 0) is 14.6 Å². The van der Waals surface area contributed by atoms with Gasteiger partial charge < -0.3 is 4.90 Å². The van der Waals surface area contributed by atoms with E-state index < -0.39 is 9.84 Å². The maximum Gasteiger partial charge on any atom is 0.244 e. The molecule has 2 rings (SSSR count). The van der Waals surface area contributed by atoms with Crippen molar-refractivity contribution in [2.75, 3.05) is 37.0 Å². The Morgan fingerprint density at radius 2 is 1.90 bits per heavy atom. The van der Waals surface area contributed by atoms with Crippen LogP contribution in [0, 0.1) is 6.92 Å². The molecule has 0 aromatic heterocycles. The molecule has 1 saturated heterocycles. The lowest BCUT2D eigenvalue weighted by Crippen LogP contribution is -2.41. The summed E-state index contributed by atoms with van der Waals surface area (Å²) < 4.78 is 22.5. The minimum atomic E-state index is -3.00. The lowest BCUT2D eigenvalue weighted by atomic mass is 10.2. The third-order valence-electron chi connectivity index (χ3n) is 3.87. The zero-order valence-electron chi connectivity index (χ0n) is 12.7. The summed E-state index contributed by atoms with van der Waals surface area (Å²) in [5.41, 5.74) is 2.07. The van der Waals surface area contributed by atoms with Gasteiger partial charge in [-0.15, -0.1) is 0 Å². The number of likely N-dealkylation sites (N-methyl/N-ethyl adjacent to an activating group) is 1. The van der Waals surface area contributed by atoms with Gasteiger partial charge in [0.2, 0.25) is 5.91 Å². The largest absolute Gasteiger partial charge is 0.311 e. The molecule has 21 heavy (non-hydrogen) atoms. The van der Waals surface area contributed by atoms with Crippen LogP contribution < -0.4 is 4.90 Å². The third-order valence-corrected chi connectivity index (χ3v) is 4.79. The van der Waals surface area contributed by atoms with Gasteiger partial charge in [-0.25, -0.2) is 8.42 Å². The minimum absolute atomic E-state index is 0.0508. The molecule has 0 N–H and O–H groups in total. The Kier molecular flexibility index (Phi) is 4.68. The highest BCUT2D eigenvalue weighted by atomic mass is 32.2. The molecule has 6 heteroatoms. The average molecular weight is 310 g/mol. The Hall–Kier alpha value is -1.40. The van der Waals surface area contributed by atoms with Gasteiger partial charge in [-0.3, -0.25) is 9.69 Å². The summed E-state index contributed by atoms with van der Waals surface area (Å²) in [6.45, 7) is 3.07. The molecule has 0 radical (unpaired) electrons. The summed E-state index contributed by atoms with van der Waals surface area (Å²) in [6, 6.07) is 7.65. The van der Waals surface area contributed by atoms with Crippen LogP contribution in [-0.4, -0.2) is 57.4 Å². The van der Waals surface area contributed by atoms with Crippen molar-refractivity contribution in [3.63, 3.8) is 0 Å². The van der Waals surface area contributed by atoms with Crippen molar-refractivity contribution < 1.29 is 13.2 Å². The van der Waals surface area contributed by atoms with Crippen LogP contribution in [0.2, 0.25) is 0 Å². The quantitative estimate of drug-likeness (QED) is 0.816. The second kappa shape index (κ2) is 6.15. The van der Waals surface area contributed by atoms with E-state index >= 15 is 0 Å². The Morgan fingerprint density at radius 3 is 2.48 bits per heavy atom. The van der Waals surface area contributed by atoms with Gasteiger partial charge in [0.15, 0.2) is 0 Å². The highest BCUT2D eigenvalue weighted by Gasteiger charge is 2.35. The zero-order chi connectivity index (χ0) is 15.6. The van der Waals surface area contributed by atoms with E-state index in [1.54, 1.807) is 4.90 Å². The predicted octanol–water partition coefficient (Wildman–Crippen LogP) is 1.08. The van der Waals surface area contributed by atoms with Crippen LogP contribution in [0.15, 0.2) is 24.3 Å². The van der Waals surface area contributed by atoms with Crippen molar-refractivity contribution in [3.8, 4) is 0 Å². The minimum Gasteiger partial charge on any atom is -0.311 e. The number of anilines is 1. The second-order valence-electron chi connectivity index (χ2n) is 5.74. The average Bonchev–Trinajstić information content (AvgIpc) is 2.78. The first-order valence-electron chi connectivity index (χ1n) is 7.04. The maximum atomic E-state index is 12.5. The number of amides is 1. The summed E-state index contributed by atoms with van der Waals surface area (Å²) >= 11 is 0. The van der Waals surface area contributed by atoms with Crippen LogP contribution in [0.4, 0.5) is 5.69 Å². The number of aryl methyl sites for hydroxylation is 1. The molecule has 1 fully saturated rings. The molecule has 0 aliphatic carbocycles. The molecule has 0 bridgehead atoms. The molecule has 1 aromatic carbocycles. The molecule has 1 heterocycles. The van der Waals surface area contributed by atoms with Crippen LogP contribution in [0.1, 0.15) is 12.0 Å². The first kappa shape index (κ1) is 16.0. The van der Waals surface area contributed by atoms with Crippen molar-refractivity contribution >= 4 is 21.4 Å². The van der Waals surface area contributed by atoms with E-state index in [-0.39, 0.29) is 17.7 Å². The van der Waals surface area contributed by atoms with Crippen molar-refractivity contribution in [2.24, 2.45) is 0 Å². The molecule has 0 unspecified atom stereocenters. The van der Waals surface area contributed by atoms with Crippen LogP contribution in [0.3, 0.4) is 0 Å². The van der Waals surface area contributed by atoms with Gasteiger partial charge in [0.1, 0.15) is 9.84 Å².